The van der Waals surface area contributed by atoms with Crippen LogP contribution in [-0.2, 0) is 4.74 Å². The summed E-state index contributed by atoms with van der Waals surface area (Å²) in [5, 5.41) is 0. The zero-order valence-electron chi connectivity index (χ0n) is 11.8. The molecule has 1 fully saturated rings. The lowest BCUT2D eigenvalue weighted by molar-refractivity contribution is -0.274. The third kappa shape index (κ3) is 4.33. The fourth-order valence-corrected chi connectivity index (χ4v) is 2.56. The largest absolute Gasteiger partial charge is 0.573 e. The third-order valence-electron chi connectivity index (χ3n) is 3.54. The highest BCUT2D eigenvalue weighted by molar-refractivity contribution is 5.29. The minimum absolute atomic E-state index is 0.0381. The van der Waals surface area contributed by atoms with Gasteiger partial charge in [0.1, 0.15) is 5.75 Å². The highest BCUT2D eigenvalue weighted by Gasteiger charge is 2.31. The van der Waals surface area contributed by atoms with Gasteiger partial charge in [-0.05, 0) is 24.6 Å². The quantitative estimate of drug-likeness (QED) is 0.927. The highest BCUT2D eigenvalue weighted by Crippen LogP contribution is 2.27. The van der Waals surface area contributed by atoms with Gasteiger partial charge >= 0.3 is 6.36 Å². The number of alkyl halides is 3. The average Bonchev–Trinajstić information content (AvgIpc) is 2.42. The first-order valence-corrected chi connectivity index (χ1v) is 6.80. The van der Waals surface area contributed by atoms with Crippen LogP contribution in [0.25, 0.3) is 0 Å². The van der Waals surface area contributed by atoms with Crippen molar-refractivity contribution in [3.63, 3.8) is 0 Å². The number of rotatable bonds is 4. The first-order valence-electron chi connectivity index (χ1n) is 6.80. The number of nitrogens with zero attached hydrogens (tertiary/aromatic N) is 1. The van der Waals surface area contributed by atoms with Crippen molar-refractivity contribution in [2.45, 2.75) is 25.4 Å². The molecule has 118 valence electrons. The van der Waals surface area contributed by atoms with Crippen LogP contribution >= 0.6 is 0 Å². The molecular weight excluding hydrogens is 285 g/mol. The number of ether oxygens (including phenoxy) is 2. The van der Waals surface area contributed by atoms with Crippen molar-refractivity contribution in [1.29, 1.82) is 0 Å². The van der Waals surface area contributed by atoms with Gasteiger partial charge in [0.05, 0.1) is 13.2 Å². The Hall–Kier alpha value is -1.31. The van der Waals surface area contributed by atoms with Crippen LogP contribution in [0, 0.1) is 0 Å². The Balaban J connectivity index is 2.11. The van der Waals surface area contributed by atoms with E-state index in [9.17, 15) is 13.2 Å². The van der Waals surface area contributed by atoms with Crippen LogP contribution in [0.2, 0.25) is 0 Å². The van der Waals surface area contributed by atoms with Crippen LogP contribution in [0.4, 0.5) is 13.2 Å². The molecule has 2 rings (SSSR count). The van der Waals surface area contributed by atoms with Crippen molar-refractivity contribution in [3.8, 4) is 5.75 Å². The smallest absolute Gasteiger partial charge is 0.406 e. The molecule has 0 bridgehead atoms. The predicted octanol–water partition coefficient (Wildman–Crippen LogP) is 2.31. The second kappa shape index (κ2) is 6.64. The van der Waals surface area contributed by atoms with Gasteiger partial charge in [-0.15, -0.1) is 13.2 Å². The van der Waals surface area contributed by atoms with Crippen LogP contribution in [0.5, 0.6) is 5.75 Å². The summed E-state index contributed by atoms with van der Waals surface area (Å²) in [5.41, 5.74) is 6.72. The van der Waals surface area contributed by atoms with E-state index in [2.05, 4.69) is 9.64 Å². The summed E-state index contributed by atoms with van der Waals surface area (Å²) in [7, 11) is 0. The van der Waals surface area contributed by atoms with Gasteiger partial charge in [-0.1, -0.05) is 12.1 Å². The molecule has 1 aliphatic rings. The summed E-state index contributed by atoms with van der Waals surface area (Å²) in [4.78, 5) is 2.21. The summed E-state index contributed by atoms with van der Waals surface area (Å²) in [6.45, 7) is 4.46. The second-order valence-corrected chi connectivity index (χ2v) is 5.03. The van der Waals surface area contributed by atoms with E-state index < -0.39 is 6.36 Å². The molecular formula is C14H19F3N2O2. The fraction of sp³-hybridized carbons (Fsp3) is 0.571. The van der Waals surface area contributed by atoms with Gasteiger partial charge < -0.3 is 15.2 Å². The summed E-state index contributed by atoms with van der Waals surface area (Å²) < 4.78 is 45.7. The summed E-state index contributed by atoms with van der Waals surface area (Å²) in [5.74, 6) is -0.225. The molecule has 0 radical (unpaired) electrons. The number of nitrogens with two attached hydrogens (primary N) is 1. The molecule has 2 atom stereocenters. The minimum Gasteiger partial charge on any atom is -0.406 e. The summed E-state index contributed by atoms with van der Waals surface area (Å²) in [6, 6.07) is 6.07. The molecule has 2 N–H and O–H groups in total. The molecule has 1 saturated heterocycles. The van der Waals surface area contributed by atoms with Gasteiger partial charge in [0.2, 0.25) is 0 Å². The maximum Gasteiger partial charge on any atom is 0.573 e. The molecule has 21 heavy (non-hydrogen) atoms. The first kappa shape index (κ1) is 16.1. The topological polar surface area (TPSA) is 47.7 Å². The number of halogens is 3. The van der Waals surface area contributed by atoms with Gasteiger partial charge in [0.15, 0.2) is 0 Å². The molecule has 1 heterocycles. The third-order valence-corrected chi connectivity index (χ3v) is 3.54. The molecule has 0 spiro atoms. The van der Waals surface area contributed by atoms with Crippen LogP contribution < -0.4 is 10.5 Å². The molecule has 7 heteroatoms. The fourth-order valence-electron chi connectivity index (χ4n) is 2.56. The van der Waals surface area contributed by atoms with E-state index in [1.54, 1.807) is 12.1 Å². The van der Waals surface area contributed by atoms with Crippen molar-refractivity contribution >= 4 is 0 Å². The Labute approximate surface area is 121 Å². The van der Waals surface area contributed by atoms with Crippen molar-refractivity contribution in [3.05, 3.63) is 29.8 Å². The SMILES string of the molecule is CC1COCCN1C(CN)c1ccc(OC(F)(F)F)cc1. The zero-order valence-corrected chi connectivity index (χ0v) is 11.8. The standard InChI is InChI=1S/C14H19F3N2O2/c1-10-9-20-7-6-19(10)13(8-18)11-2-4-12(5-3-11)21-14(15,16)17/h2-5,10,13H,6-9,18H2,1H3. The van der Waals surface area contributed by atoms with E-state index in [4.69, 9.17) is 10.5 Å². The van der Waals surface area contributed by atoms with Crippen LogP contribution in [0.1, 0.15) is 18.5 Å². The first-order chi connectivity index (χ1) is 9.90. The molecule has 0 aromatic heterocycles. The second-order valence-electron chi connectivity index (χ2n) is 5.03. The number of benzene rings is 1. The summed E-state index contributed by atoms with van der Waals surface area (Å²) in [6.07, 6.45) is -4.67. The van der Waals surface area contributed by atoms with Gasteiger partial charge in [0, 0.05) is 25.2 Å². The zero-order chi connectivity index (χ0) is 15.5. The Morgan fingerprint density at radius 2 is 2.05 bits per heavy atom. The van der Waals surface area contributed by atoms with Crippen LogP contribution in [0.15, 0.2) is 24.3 Å². The van der Waals surface area contributed by atoms with Gasteiger partial charge in [-0.2, -0.15) is 0 Å². The Bertz CT molecular complexity index is 451. The van der Waals surface area contributed by atoms with Crippen molar-refractivity contribution in [2.75, 3.05) is 26.3 Å². The number of hydrogen-bond donors (Lipinski definition) is 1. The molecule has 1 aliphatic heterocycles. The lowest BCUT2D eigenvalue weighted by Gasteiger charge is -2.39. The molecule has 0 aliphatic carbocycles. The number of morpholine rings is 1. The molecule has 0 amide bonds. The minimum atomic E-state index is -4.67. The van der Waals surface area contributed by atoms with E-state index in [-0.39, 0.29) is 17.8 Å². The van der Waals surface area contributed by atoms with Gasteiger partial charge in [-0.3, -0.25) is 4.90 Å². The monoisotopic (exact) mass is 304 g/mol. The van der Waals surface area contributed by atoms with E-state index in [0.29, 0.717) is 19.8 Å². The predicted molar refractivity (Wildman–Crippen MR) is 71.9 cm³/mol. The molecule has 2 unspecified atom stereocenters. The van der Waals surface area contributed by atoms with Crippen molar-refractivity contribution < 1.29 is 22.6 Å². The maximum atomic E-state index is 12.1. The molecule has 1 aromatic rings. The molecule has 4 nitrogen and oxygen atoms in total. The Kier molecular flexibility index (Phi) is 5.08. The van der Waals surface area contributed by atoms with E-state index >= 15 is 0 Å². The van der Waals surface area contributed by atoms with Gasteiger partial charge in [-0.25, -0.2) is 0 Å². The van der Waals surface area contributed by atoms with Crippen molar-refractivity contribution in [2.24, 2.45) is 5.73 Å². The molecule has 0 saturated carbocycles. The van der Waals surface area contributed by atoms with E-state index in [1.165, 1.54) is 12.1 Å². The lowest BCUT2D eigenvalue weighted by atomic mass is 10.0. The van der Waals surface area contributed by atoms with Crippen LogP contribution in [-0.4, -0.2) is 43.6 Å². The highest BCUT2D eigenvalue weighted by atomic mass is 19.4. The van der Waals surface area contributed by atoms with Crippen LogP contribution in [0.3, 0.4) is 0 Å². The Morgan fingerprint density at radius 1 is 1.38 bits per heavy atom. The summed E-state index contributed by atoms with van der Waals surface area (Å²) >= 11 is 0. The van der Waals surface area contributed by atoms with E-state index in [1.807, 2.05) is 6.92 Å². The Morgan fingerprint density at radius 3 is 2.57 bits per heavy atom. The molecule has 1 aromatic carbocycles. The average molecular weight is 304 g/mol. The van der Waals surface area contributed by atoms with Crippen molar-refractivity contribution in [1.82, 2.24) is 4.90 Å². The maximum absolute atomic E-state index is 12.1. The lowest BCUT2D eigenvalue weighted by Crippen LogP contribution is -2.47. The normalized spacial score (nSPS) is 22.0. The van der Waals surface area contributed by atoms with Gasteiger partial charge in [0.25, 0.3) is 0 Å². The number of hydrogen-bond acceptors (Lipinski definition) is 4. The van der Waals surface area contributed by atoms with E-state index in [0.717, 1.165) is 12.1 Å².